The normalized spacial score (nSPS) is 11.7. The monoisotopic (exact) mass is 329 g/mol. The minimum absolute atomic E-state index is 0.971. The summed E-state index contributed by atoms with van der Waals surface area (Å²) in [6, 6.07) is 2.21. The fraction of sp³-hybridized carbons (Fsp3) is 0.200. The van der Waals surface area contributed by atoms with E-state index in [1.807, 2.05) is 0 Å². The maximum absolute atomic E-state index is 4.10. The van der Waals surface area contributed by atoms with E-state index in [2.05, 4.69) is 57.1 Å². The van der Waals surface area contributed by atoms with Crippen LogP contribution in [0.15, 0.2) is 12.4 Å². The summed E-state index contributed by atoms with van der Waals surface area (Å²) in [7, 11) is 0. The number of rotatable bonds is 0. The standard InChI is InChI=1S/C10H8IN3S/c1-5-3-7(11)6(2)9-8(5)14-4-12-13-10(14)15-9/h3-4H,1-2H3. The molecule has 3 aromatic rings. The highest BCUT2D eigenvalue weighted by molar-refractivity contribution is 14.1. The van der Waals surface area contributed by atoms with Crippen LogP contribution < -0.4 is 0 Å². The fourth-order valence-corrected chi connectivity index (χ4v) is 3.84. The van der Waals surface area contributed by atoms with Crippen LogP contribution in [0.4, 0.5) is 0 Å². The predicted octanol–water partition coefficient (Wildman–Crippen LogP) is 3.17. The van der Waals surface area contributed by atoms with E-state index in [4.69, 9.17) is 0 Å². The summed E-state index contributed by atoms with van der Waals surface area (Å²) in [5, 5.41) is 8.02. The number of fused-ring (bicyclic) bond motifs is 3. The van der Waals surface area contributed by atoms with Crippen LogP contribution in [-0.2, 0) is 0 Å². The van der Waals surface area contributed by atoms with Crippen molar-refractivity contribution in [2.75, 3.05) is 0 Å². The molecule has 2 heterocycles. The molecule has 0 saturated heterocycles. The first-order valence-corrected chi connectivity index (χ1v) is 6.46. The van der Waals surface area contributed by atoms with E-state index in [0.29, 0.717) is 0 Å². The van der Waals surface area contributed by atoms with Gasteiger partial charge in [0.15, 0.2) is 0 Å². The molecule has 5 heteroatoms. The molecule has 3 nitrogen and oxygen atoms in total. The van der Waals surface area contributed by atoms with Crippen molar-refractivity contribution < 1.29 is 0 Å². The minimum atomic E-state index is 0.971. The highest BCUT2D eigenvalue weighted by Gasteiger charge is 2.12. The lowest BCUT2D eigenvalue weighted by Gasteiger charge is -2.03. The number of aromatic nitrogens is 3. The molecular weight excluding hydrogens is 321 g/mol. The highest BCUT2D eigenvalue weighted by atomic mass is 127. The summed E-state index contributed by atoms with van der Waals surface area (Å²) < 4.78 is 4.71. The molecule has 0 aliphatic heterocycles. The molecule has 3 rings (SSSR count). The molecule has 0 aliphatic carbocycles. The van der Waals surface area contributed by atoms with Gasteiger partial charge in [-0.3, -0.25) is 4.40 Å². The molecular formula is C10H8IN3S. The van der Waals surface area contributed by atoms with Gasteiger partial charge in [-0.05, 0) is 53.6 Å². The van der Waals surface area contributed by atoms with Crippen LogP contribution in [0.3, 0.4) is 0 Å². The Kier molecular flexibility index (Phi) is 2.00. The van der Waals surface area contributed by atoms with Crippen molar-refractivity contribution >= 4 is 49.1 Å². The smallest absolute Gasteiger partial charge is 0.217 e. The molecule has 0 fully saturated rings. The molecule has 0 bridgehead atoms. The molecule has 0 aliphatic rings. The van der Waals surface area contributed by atoms with Crippen molar-refractivity contribution in [1.29, 1.82) is 0 Å². The molecule has 2 aromatic heterocycles. The van der Waals surface area contributed by atoms with Crippen molar-refractivity contribution in [3.05, 3.63) is 27.1 Å². The third kappa shape index (κ3) is 1.22. The number of benzene rings is 1. The second kappa shape index (κ2) is 3.15. The van der Waals surface area contributed by atoms with Gasteiger partial charge in [0.1, 0.15) is 6.33 Å². The number of nitrogens with zero attached hydrogens (tertiary/aromatic N) is 3. The highest BCUT2D eigenvalue weighted by Crippen LogP contribution is 2.32. The van der Waals surface area contributed by atoms with Crippen LogP contribution in [0.2, 0.25) is 0 Å². The van der Waals surface area contributed by atoms with Gasteiger partial charge in [0, 0.05) is 3.57 Å². The Bertz CT molecular complexity index is 668. The topological polar surface area (TPSA) is 30.2 Å². The maximum Gasteiger partial charge on any atom is 0.217 e. The van der Waals surface area contributed by atoms with E-state index in [-0.39, 0.29) is 0 Å². The molecule has 0 spiro atoms. The van der Waals surface area contributed by atoms with Crippen LogP contribution in [0.1, 0.15) is 11.1 Å². The molecule has 0 atom stereocenters. The average molecular weight is 329 g/mol. The third-order valence-corrected chi connectivity index (χ3v) is 4.87. The van der Waals surface area contributed by atoms with Gasteiger partial charge in [0.25, 0.3) is 0 Å². The zero-order valence-electron chi connectivity index (χ0n) is 8.28. The number of hydrogen-bond acceptors (Lipinski definition) is 3. The van der Waals surface area contributed by atoms with E-state index in [1.54, 1.807) is 17.7 Å². The van der Waals surface area contributed by atoms with Crippen molar-refractivity contribution in [3.63, 3.8) is 0 Å². The third-order valence-electron chi connectivity index (χ3n) is 2.58. The largest absolute Gasteiger partial charge is 0.272 e. The second-order valence-corrected chi connectivity index (χ2v) is 5.70. The Morgan fingerprint density at radius 2 is 2.20 bits per heavy atom. The van der Waals surface area contributed by atoms with E-state index < -0.39 is 0 Å². The summed E-state index contributed by atoms with van der Waals surface area (Å²) in [4.78, 5) is 0.971. The first-order valence-electron chi connectivity index (χ1n) is 4.56. The van der Waals surface area contributed by atoms with Crippen molar-refractivity contribution in [2.45, 2.75) is 13.8 Å². The van der Waals surface area contributed by atoms with Gasteiger partial charge in [0.05, 0.1) is 10.2 Å². The summed E-state index contributed by atoms with van der Waals surface area (Å²) in [5.41, 5.74) is 3.87. The minimum Gasteiger partial charge on any atom is -0.272 e. The molecule has 1 aromatic carbocycles. The second-order valence-electron chi connectivity index (χ2n) is 3.56. The molecule has 0 saturated carbocycles. The molecule has 0 radical (unpaired) electrons. The maximum atomic E-state index is 4.10. The first kappa shape index (κ1) is 9.53. The number of thiazole rings is 1. The average Bonchev–Trinajstić information content (AvgIpc) is 2.72. The number of halogens is 1. The zero-order valence-corrected chi connectivity index (χ0v) is 11.3. The molecule has 0 N–H and O–H groups in total. The van der Waals surface area contributed by atoms with Crippen molar-refractivity contribution in [1.82, 2.24) is 14.6 Å². The van der Waals surface area contributed by atoms with Crippen LogP contribution in [-0.4, -0.2) is 14.6 Å². The lowest BCUT2D eigenvalue weighted by molar-refractivity contribution is 1.11. The van der Waals surface area contributed by atoms with Crippen LogP contribution in [0.5, 0.6) is 0 Å². The van der Waals surface area contributed by atoms with Crippen molar-refractivity contribution in [3.8, 4) is 0 Å². The summed E-state index contributed by atoms with van der Waals surface area (Å²) in [5.74, 6) is 0. The van der Waals surface area contributed by atoms with Gasteiger partial charge in [0.2, 0.25) is 4.96 Å². The summed E-state index contributed by atoms with van der Waals surface area (Å²) >= 11 is 4.09. The Morgan fingerprint density at radius 3 is 3.00 bits per heavy atom. The quantitative estimate of drug-likeness (QED) is 0.593. The number of hydrogen-bond donors (Lipinski definition) is 0. The molecule has 76 valence electrons. The van der Waals surface area contributed by atoms with Crippen LogP contribution >= 0.6 is 33.9 Å². The zero-order chi connectivity index (χ0) is 10.6. The molecule has 0 amide bonds. The Labute approximate surface area is 104 Å². The van der Waals surface area contributed by atoms with E-state index in [1.165, 1.54) is 24.9 Å². The summed E-state index contributed by atoms with van der Waals surface area (Å²) in [6.45, 7) is 4.29. The SMILES string of the molecule is Cc1c(I)cc(C)c2c1sc1nncn12. The van der Waals surface area contributed by atoms with Crippen LogP contribution in [0.25, 0.3) is 15.2 Å². The van der Waals surface area contributed by atoms with Gasteiger partial charge in [-0.2, -0.15) is 0 Å². The van der Waals surface area contributed by atoms with Gasteiger partial charge in [-0.1, -0.05) is 11.3 Å². The first-order chi connectivity index (χ1) is 7.18. The Balaban J connectivity index is 2.65. The van der Waals surface area contributed by atoms with Crippen LogP contribution in [0, 0.1) is 17.4 Å². The van der Waals surface area contributed by atoms with E-state index in [9.17, 15) is 0 Å². The lowest BCUT2D eigenvalue weighted by Crippen LogP contribution is -1.87. The fourth-order valence-electron chi connectivity index (χ4n) is 1.79. The summed E-state index contributed by atoms with van der Waals surface area (Å²) in [6.07, 6.45) is 1.79. The van der Waals surface area contributed by atoms with Crippen molar-refractivity contribution in [2.24, 2.45) is 0 Å². The lowest BCUT2D eigenvalue weighted by atomic mass is 10.1. The Hall–Kier alpha value is -0.690. The van der Waals surface area contributed by atoms with Gasteiger partial charge >= 0.3 is 0 Å². The van der Waals surface area contributed by atoms with Gasteiger partial charge in [-0.15, -0.1) is 10.2 Å². The molecule has 15 heavy (non-hydrogen) atoms. The Morgan fingerprint density at radius 1 is 1.40 bits per heavy atom. The van der Waals surface area contributed by atoms with Gasteiger partial charge < -0.3 is 0 Å². The number of aryl methyl sites for hydroxylation is 2. The predicted molar refractivity (Wildman–Crippen MR) is 70.6 cm³/mol. The molecule has 0 unspecified atom stereocenters. The van der Waals surface area contributed by atoms with E-state index >= 15 is 0 Å². The van der Waals surface area contributed by atoms with Gasteiger partial charge in [-0.25, -0.2) is 0 Å². The van der Waals surface area contributed by atoms with E-state index in [0.717, 1.165) is 4.96 Å².